The highest BCUT2D eigenvalue weighted by atomic mass is 16.5. The first-order valence-electron chi connectivity index (χ1n) is 24.3. The monoisotopic (exact) mass is 922 g/mol. The van der Waals surface area contributed by atoms with E-state index in [2.05, 4.69) is 59.9 Å². The summed E-state index contributed by atoms with van der Waals surface area (Å²) < 4.78 is 5.62. The number of nitrogens with two attached hydrogens (primary N) is 1. The lowest BCUT2D eigenvalue weighted by Gasteiger charge is -2.39. The second-order valence-corrected chi connectivity index (χ2v) is 19.5. The number of aromatic hydroxyl groups is 2. The number of rotatable bonds is 11. The molecule has 0 radical (unpaired) electrons. The summed E-state index contributed by atoms with van der Waals surface area (Å²) in [6.07, 6.45) is 6.35. The lowest BCUT2D eigenvalue weighted by atomic mass is 9.95. The van der Waals surface area contributed by atoms with Crippen LogP contribution in [0.5, 0.6) is 11.5 Å². The molecular weight excluding hydrogens is 859 g/mol. The number of hydrogen-bond acceptors (Lipinski definition) is 14. The van der Waals surface area contributed by atoms with Crippen LogP contribution >= 0.6 is 0 Å². The molecule has 0 aliphatic carbocycles. The first-order valence-corrected chi connectivity index (χ1v) is 24.3. The van der Waals surface area contributed by atoms with Gasteiger partial charge in [0.05, 0.1) is 36.6 Å². The first-order chi connectivity index (χ1) is 33.0. The van der Waals surface area contributed by atoms with E-state index in [0.717, 1.165) is 100 Å². The summed E-state index contributed by atoms with van der Waals surface area (Å²) in [5.41, 5.74) is 14.8. The number of hydrogen-bond donors (Lipinski definition) is 3. The van der Waals surface area contributed by atoms with Gasteiger partial charge in [-0.25, -0.2) is 19.9 Å². The minimum atomic E-state index is -0.219. The van der Waals surface area contributed by atoms with Crippen LogP contribution < -0.4 is 10.6 Å². The number of carbonyl (C=O) groups excluding carboxylic acids is 2. The third-order valence-corrected chi connectivity index (χ3v) is 14.6. The number of benzene rings is 3. The fraction of sp³-hybridized carbons (Fsp3) is 0.462. The topological polar surface area (TPSA) is 181 Å². The molecule has 4 N–H and O–H groups in total. The number of morpholine rings is 1. The molecule has 0 bridgehead atoms. The quantitative estimate of drug-likeness (QED) is 0.156. The number of phenolic OH excluding ortho intramolecular Hbond substituents is 2. The molecule has 356 valence electrons. The summed E-state index contributed by atoms with van der Waals surface area (Å²) in [4.78, 5) is 59.3. The minimum absolute atomic E-state index is 0.00769. The zero-order valence-corrected chi connectivity index (χ0v) is 39.3. The molecule has 5 aromatic rings. The summed E-state index contributed by atoms with van der Waals surface area (Å²) in [7, 11) is 0. The van der Waals surface area contributed by atoms with Crippen LogP contribution in [0.2, 0.25) is 0 Å². The van der Waals surface area contributed by atoms with E-state index in [1.807, 2.05) is 30.9 Å². The molecule has 2 aromatic heterocycles. The Morgan fingerprint density at radius 2 is 1.40 bits per heavy atom. The second-order valence-electron chi connectivity index (χ2n) is 19.5. The number of fused-ring (bicyclic) bond motifs is 2. The average molecular weight is 922 g/mol. The molecule has 3 saturated heterocycles. The van der Waals surface area contributed by atoms with Gasteiger partial charge in [-0.05, 0) is 90.2 Å². The van der Waals surface area contributed by atoms with Crippen LogP contribution in [0.25, 0.3) is 11.4 Å². The molecule has 5 aliphatic rings. The van der Waals surface area contributed by atoms with E-state index in [1.165, 1.54) is 30.0 Å². The smallest absolute Gasteiger partial charge is 0.258 e. The minimum Gasteiger partial charge on any atom is -0.508 e. The van der Waals surface area contributed by atoms with E-state index in [1.54, 1.807) is 23.4 Å². The van der Waals surface area contributed by atoms with Crippen LogP contribution in [0.1, 0.15) is 92.4 Å². The van der Waals surface area contributed by atoms with Crippen LogP contribution in [0.4, 0.5) is 11.8 Å². The number of phenols is 2. The van der Waals surface area contributed by atoms with Gasteiger partial charge in [-0.3, -0.25) is 19.4 Å². The van der Waals surface area contributed by atoms with Gasteiger partial charge in [0.15, 0.2) is 5.82 Å². The van der Waals surface area contributed by atoms with Gasteiger partial charge in [0.2, 0.25) is 5.95 Å². The first kappa shape index (κ1) is 45.6. The predicted molar refractivity (Wildman–Crippen MR) is 259 cm³/mol. The summed E-state index contributed by atoms with van der Waals surface area (Å²) in [5, 5.41) is 20.8. The van der Waals surface area contributed by atoms with E-state index >= 15 is 0 Å². The van der Waals surface area contributed by atoms with Crippen molar-refractivity contribution in [1.29, 1.82) is 0 Å². The van der Waals surface area contributed by atoms with Crippen molar-refractivity contribution in [1.82, 2.24) is 44.4 Å². The van der Waals surface area contributed by atoms with Crippen LogP contribution in [0, 0.1) is 5.92 Å². The molecule has 2 amide bonds. The Bertz CT molecular complexity index is 2620. The predicted octanol–water partition coefficient (Wildman–Crippen LogP) is 5.27. The Kier molecular flexibility index (Phi) is 13.3. The summed E-state index contributed by atoms with van der Waals surface area (Å²) in [6.45, 7) is 18.0. The van der Waals surface area contributed by atoms with Gasteiger partial charge < -0.3 is 40.3 Å². The van der Waals surface area contributed by atoms with E-state index in [0.29, 0.717) is 74.2 Å². The van der Waals surface area contributed by atoms with Crippen molar-refractivity contribution >= 4 is 23.6 Å². The van der Waals surface area contributed by atoms with Crippen molar-refractivity contribution in [2.75, 3.05) is 89.3 Å². The normalized spacial score (nSPS) is 18.5. The molecule has 10 rings (SSSR count). The van der Waals surface area contributed by atoms with Gasteiger partial charge in [-0.1, -0.05) is 44.2 Å². The van der Waals surface area contributed by atoms with Crippen molar-refractivity contribution in [3.63, 3.8) is 0 Å². The molecule has 0 atom stereocenters. The standard InChI is InChI=1S/C52H63N11O5/c1-34(2)43-24-44(47(65)25-46(43)64)51(67)63-31-39-8-5-37(23-40(39)32-63)30-60-17-15-59(16-18-60)29-36-9-12-58(13-10-36)28-35-3-6-38(7-4-35)50(66)62-14-11-42-45(33-62)56-48(41-26-54-52(53)55-27-41)57-49(42)61-19-21-68-22-20-61/h3-8,23-27,34,36,64-65H,9-22,28-33H2,1-2H3,(H2,53,54,55). The number of piperazine rings is 1. The molecule has 3 fully saturated rings. The number of aromatic nitrogens is 4. The van der Waals surface area contributed by atoms with Gasteiger partial charge in [0, 0.05) is 108 Å². The van der Waals surface area contributed by atoms with Crippen molar-refractivity contribution in [2.45, 2.75) is 71.8 Å². The third kappa shape index (κ3) is 10.00. The van der Waals surface area contributed by atoms with E-state index in [9.17, 15) is 19.8 Å². The molecule has 3 aromatic carbocycles. The SMILES string of the molecule is CC(C)c1cc(C(=O)N2Cc3ccc(CN4CCN(CC5CCN(Cc6ccc(C(=O)N7CCc8c(nc(-c9cnc(N)nc9)nc8N8CCOCC8)C7)cc6)CC5)CC4)cc3C2)c(O)cc1O. The fourth-order valence-electron chi connectivity index (χ4n) is 10.6. The van der Waals surface area contributed by atoms with E-state index < -0.39 is 0 Å². The zero-order chi connectivity index (χ0) is 46.9. The van der Waals surface area contributed by atoms with Gasteiger partial charge in [0.25, 0.3) is 11.8 Å². The van der Waals surface area contributed by atoms with Crippen molar-refractivity contribution < 1.29 is 24.5 Å². The van der Waals surface area contributed by atoms with Crippen molar-refractivity contribution in [2.24, 2.45) is 5.92 Å². The molecule has 0 saturated carbocycles. The largest absolute Gasteiger partial charge is 0.508 e. The van der Waals surface area contributed by atoms with E-state index in [4.69, 9.17) is 20.4 Å². The highest BCUT2D eigenvalue weighted by Crippen LogP contribution is 2.35. The number of nitrogen functional groups attached to an aromatic ring is 1. The highest BCUT2D eigenvalue weighted by Gasteiger charge is 2.31. The Morgan fingerprint density at radius 3 is 2.13 bits per heavy atom. The number of amides is 2. The van der Waals surface area contributed by atoms with Crippen LogP contribution in [-0.4, -0.2) is 145 Å². The third-order valence-electron chi connectivity index (χ3n) is 14.6. The lowest BCUT2D eigenvalue weighted by molar-refractivity contribution is 0.0728. The number of likely N-dealkylation sites (tertiary alicyclic amines) is 1. The molecule has 0 unspecified atom stereocenters. The number of nitrogens with zero attached hydrogens (tertiary/aromatic N) is 10. The Hall–Kier alpha value is -6.20. The maximum atomic E-state index is 13.9. The maximum Gasteiger partial charge on any atom is 0.258 e. The number of piperidine rings is 1. The van der Waals surface area contributed by atoms with Crippen molar-refractivity contribution in [3.05, 3.63) is 117 Å². The number of anilines is 2. The van der Waals surface area contributed by atoms with Crippen LogP contribution in [-0.2, 0) is 43.9 Å². The molecule has 16 heteroatoms. The average Bonchev–Trinajstić information content (AvgIpc) is 3.79. The Balaban J connectivity index is 0.668. The Labute approximate surface area is 398 Å². The molecule has 5 aliphatic heterocycles. The van der Waals surface area contributed by atoms with E-state index in [-0.39, 0.29) is 40.7 Å². The van der Waals surface area contributed by atoms with Gasteiger partial charge in [-0.2, -0.15) is 0 Å². The summed E-state index contributed by atoms with van der Waals surface area (Å²) >= 11 is 0. The molecule has 16 nitrogen and oxygen atoms in total. The fourth-order valence-corrected chi connectivity index (χ4v) is 10.6. The number of carbonyl (C=O) groups is 2. The maximum absolute atomic E-state index is 13.9. The van der Waals surface area contributed by atoms with Crippen molar-refractivity contribution in [3.8, 4) is 22.9 Å². The molecular formula is C52H63N11O5. The molecule has 68 heavy (non-hydrogen) atoms. The zero-order valence-electron chi connectivity index (χ0n) is 39.3. The molecule has 7 heterocycles. The summed E-state index contributed by atoms with van der Waals surface area (Å²) in [5.74, 6) is 1.95. The van der Waals surface area contributed by atoms with Crippen LogP contribution in [0.3, 0.4) is 0 Å². The Morgan fingerprint density at radius 1 is 0.721 bits per heavy atom. The van der Waals surface area contributed by atoms with Gasteiger partial charge in [-0.15, -0.1) is 0 Å². The lowest BCUT2D eigenvalue weighted by Crippen LogP contribution is -2.48. The molecule has 0 spiro atoms. The number of ether oxygens (including phenoxy) is 1. The van der Waals surface area contributed by atoms with Gasteiger partial charge in [0.1, 0.15) is 17.3 Å². The summed E-state index contributed by atoms with van der Waals surface area (Å²) in [6, 6.07) is 17.7. The van der Waals surface area contributed by atoms with Crippen LogP contribution in [0.15, 0.2) is 67.0 Å². The highest BCUT2D eigenvalue weighted by molar-refractivity contribution is 5.97. The van der Waals surface area contributed by atoms with Gasteiger partial charge >= 0.3 is 0 Å². The second kappa shape index (κ2) is 19.8.